The summed E-state index contributed by atoms with van der Waals surface area (Å²) in [7, 11) is 6.28. The van der Waals surface area contributed by atoms with Gasteiger partial charge in [0.1, 0.15) is 5.75 Å². The van der Waals surface area contributed by atoms with Gasteiger partial charge in [-0.05, 0) is 35.4 Å². The molecule has 0 radical (unpaired) electrons. The molecular weight excluding hydrogens is 322 g/mol. The van der Waals surface area contributed by atoms with Gasteiger partial charge >= 0.3 is 0 Å². The first-order valence-corrected chi connectivity index (χ1v) is 7.79. The van der Waals surface area contributed by atoms with Crippen molar-refractivity contribution in [3.8, 4) is 23.0 Å². The zero-order valence-electron chi connectivity index (χ0n) is 14.9. The number of benzene rings is 2. The molecule has 0 aromatic heterocycles. The molecule has 2 aromatic carbocycles. The summed E-state index contributed by atoms with van der Waals surface area (Å²) in [4.78, 5) is 12.1. The summed E-state index contributed by atoms with van der Waals surface area (Å²) < 4.78 is 21.0. The zero-order valence-corrected chi connectivity index (χ0v) is 14.9. The van der Waals surface area contributed by atoms with Crippen molar-refractivity contribution in [2.75, 3.05) is 28.4 Å². The van der Waals surface area contributed by atoms with Crippen LogP contribution in [-0.4, -0.2) is 34.3 Å². The second-order valence-corrected chi connectivity index (χ2v) is 5.34. The second-order valence-electron chi connectivity index (χ2n) is 5.34. The molecule has 0 atom stereocenters. The van der Waals surface area contributed by atoms with Crippen LogP contribution in [0.25, 0.3) is 0 Å². The number of hydrogen-bond acceptors (Lipinski definition) is 5. The Hall–Kier alpha value is -2.89. The quantitative estimate of drug-likeness (QED) is 0.797. The smallest absolute Gasteiger partial charge is 0.224 e. The van der Waals surface area contributed by atoms with E-state index in [0.29, 0.717) is 30.2 Å². The molecule has 2 aromatic rings. The third-order valence-corrected chi connectivity index (χ3v) is 3.74. The van der Waals surface area contributed by atoms with Crippen LogP contribution in [0.15, 0.2) is 36.4 Å². The van der Waals surface area contributed by atoms with Gasteiger partial charge in [-0.15, -0.1) is 0 Å². The van der Waals surface area contributed by atoms with Crippen molar-refractivity contribution >= 4 is 5.91 Å². The van der Waals surface area contributed by atoms with Crippen molar-refractivity contribution < 1.29 is 23.7 Å². The van der Waals surface area contributed by atoms with Gasteiger partial charge in [0.25, 0.3) is 0 Å². The van der Waals surface area contributed by atoms with Crippen molar-refractivity contribution in [2.24, 2.45) is 0 Å². The number of carbonyl (C=O) groups excluding carboxylic acids is 1. The van der Waals surface area contributed by atoms with E-state index in [9.17, 15) is 4.79 Å². The first-order chi connectivity index (χ1) is 12.1. The maximum absolute atomic E-state index is 12.1. The number of ether oxygens (including phenoxy) is 4. The van der Waals surface area contributed by atoms with Crippen molar-refractivity contribution in [1.29, 1.82) is 0 Å². The SMILES string of the molecule is COc1ccc(CC(=O)NCc2cc(OC)c(OC)c(OC)c2)cc1. The summed E-state index contributed by atoms with van der Waals surface area (Å²) in [6.07, 6.45) is 0.300. The Morgan fingerprint density at radius 2 is 1.44 bits per heavy atom. The molecule has 6 nitrogen and oxygen atoms in total. The molecule has 25 heavy (non-hydrogen) atoms. The summed E-state index contributed by atoms with van der Waals surface area (Å²) in [5, 5.41) is 2.89. The maximum atomic E-state index is 12.1. The van der Waals surface area contributed by atoms with Gasteiger partial charge in [0.2, 0.25) is 11.7 Å². The van der Waals surface area contributed by atoms with Crippen LogP contribution in [0.4, 0.5) is 0 Å². The molecule has 1 N–H and O–H groups in total. The molecule has 0 fully saturated rings. The molecule has 0 unspecified atom stereocenters. The van der Waals surface area contributed by atoms with E-state index in [2.05, 4.69) is 5.32 Å². The molecule has 6 heteroatoms. The van der Waals surface area contributed by atoms with E-state index in [-0.39, 0.29) is 5.91 Å². The van der Waals surface area contributed by atoms with Gasteiger partial charge in [-0.1, -0.05) is 12.1 Å². The third-order valence-electron chi connectivity index (χ3n) is 3.74. The van der Waals surface area contributed by atoms with Gasteiger partial charge in [0, 0.05) is 6.54 Å². The molecule has 0 heterocycles. The average Bonchev–Trinajstić information content (AvgIpc) is 2.65. The molecule has 0 aliphatic carbocycles. The minimum Gasteiger partial charge on any atom is -0.497 e. The van der Waals surface area contributed by atoms with E-state index in [1.807, 2.05) is 36.4 Å². The molecule has 0 saturated heterocycles. The highest BCUT2D eigenvalue weighted by molar-refractivity contribution is 5.78. The van der Waals surface area contributed by atoms with E-state index in [0.717, 1.165) is 16.9 Å². The monoisotopic (exact) mass is 345 g/mol. The summed E-state index contributed by atoms with van der Waals surface area (Å²) in [5.41, 5.74) is 1.78. The predicted molar refractivity (Wildman–Crippen MR) is 94.6 cm³/mol. The second kappa shape index (κ2) is 8.82. The molecule has 0 aliphatic heterocycles. The lowest BCUT2D eigenvalue weighted by atomic mass is 10.1. The van der Waals surface area contributed by atoms with Gasteiger partial charge in [-0.3, -0.25) is 4.79 Å². The lowest BCUT2D eigenvalue weighted by Crippen LogP contribution is -2.24. The van der Waals surface area contributed by atoms with Gasteiger partial charge in [0.05, 0.1) is 34.9 Å². The third kappa shape index (κ3) is 4.79. The molecular formula is C19H23NO5. The molecule has 2 rings (SSSR count). The highest BCUT2D eigenvalue weighted by Crippen LogP contribution is 2.38. The maximum Gasteiger partial charge on any atom is 0.224 e. The first kappa shape index (κ1) is 18.4. The van der Waals surface area contributed by atoms with E-state index >= 15 is 0 Å². The standard InChI is InChI=1S/C19H23NO5/c1-22-15-7-5-13(6-8-15)11-18(21)20-12-14-9-16(23-2)19(25-4)17(10-14)24-3/h5-10H,11-12H2,1-4H3,(H,20,21). The van der Waals surface area contributed by atoms with Gasteiger partial charge in [-0.2, -0.15) is 0 Å². The van der Waals surface area contributed by atoms with E-state index in [4.69, 9.17) is 18.9 Å². The fourth-order valence-electron chi connectivity index (χ4n) is 2.43. The number of hydrogen-bond donors (Lipinski definition) is 1. The Morgan fingerprint density at radius 1 is 0.840 bits per heavy atom. The fourth-order valence-corrected chi connectivity index (χ4v) is 2.43. The van der Waals surface area contributed by atoms with Crippen LogP contribution in [0.5, 0.6) is 23.0 Å². The molecule has 1 amide bonds. The lowest BCUT2D eigenvalue weighted by Gasteiger charge is -2.14. The Kier molecular flexibility index (Phi) is 6.51. The van der Waals surface area contributed by atoms with Crippen LogP contribution in [0, 0.1) is 0 Å². The summed E-state index contributed by atoms with van der Waals surface area (Å²) in [6, 6.07) is 11.0. The number of nitrogens with one attached hydrogen (secondary N) is 1. The van der Waals surface area contributed by atoms with Crippen molar-refractivity contribution in [1.82, 2.24) is 5.32 Å². The van der Waals surface area contributed by atoms with Gasteiger partial charge in [-0.25, -0.2) is 0 Å². The molecule has 0 bridgehead atoms. The number of carbonyl (C=O) groups is 1. The van der Waals surface area contributed by atoms with Crippen LogP contribution in [0.2, 0.25) is 0 Å². The highest BCUT2D eigenvalue weighted by Gasteiger charge is 2.13. The molecule has 0 saturated carbocycles. The Labute approximate surface area is 147 Å². The minimum absolute atomic E-state index is 0.0704. The van der Waals surface area contributed by atoms with Crippen LogP contribution >= 0.6 is 0 Å². The zero-order chi connectivity index (χ0) is 18.2. The predicted octanol–water partition coefficient (Wildman–Crippen LogP) is 2.58. The molecule has 0 spiro atoms. The van der Waals surface area contributed by atoms with Crippen molar-refractivity contribution in [3.05, 3.63) is 47.5 Å². The van der Waals surface area contributed by atoms with Crippen molar-refractivity contribution in [2.45, 2.75) is 13.0 Å². The topological polar surface area (TPSA) is 66.0 Å². The number of rotatable bonds is 8. The van der Waals surface area contributed by atoms with Crippen molar-refractivity contribution in [3.63, 3.8) is 0 Å². The Morgan fingerprint density at radius 3 is 1.92 bits per heavy atom. The molecule has 0 aliphatic rings. The number of amides is 1. The summed E-state index contributed by atoms with van der Waals surface area (Å²) in [5.74, 6) is 2.33. The summed E-state index contributed by atoms with van der Waals surface area (Å²) >= 11 is 0. The average molecular weight is 345 g/mol. The van der Waals surface area contributed by atoms with Gasteiger partial charge in [0.15, 0.2) is 11.5 Å². The van der Waals surface area contributed by atoms with E-state index in [1.165, 1.54) is 0 Å². The van der Waals surface area contributed by atoms with Crippen LogP contribution in [0.3, 0.4) is 0 Å². The Balaban J connectivity index is 2.01. The highest BCUT2D eigenvalue weighted by atomic mass is 16.5. The van der Waals surface area contributed by atoms with Crippen LogP contribution < -0.4 is 24.3 Å². The fraction of sp³-hybridized carbons (Fsp3) is 0.316. The largest absolute Gasteiger partial charge is 0.497 e. The van der Waals surface area contributed by atoms with Crippen LogP contribution in [-0.2, 0) is 17.8 Å². The normalized spacial score (nSPS) is 10.1. The van der Waals surface area contributed by atoms with Gasteiger partial charge < -0.3 is 24.3 Å². The number of methoxy groups -OCH3 is 4. The first-order valence-electron chi connectivity index (χ1n) is 7.79. The summed E-state index contributed by atoms with van der Waals surface area (Å²) in [6.45, 7) is 0.367. The lowest BCUT2D eigenvalue weighted by molar-refractivity contribution is -0.120. The van der Waals surface area contributed by atoms with E-state index in [1.54, 1.807) is 28.4 Å². The Bertz CT molecular complexity index is 687. The van der Waals surface area contributed by atoms with E-state index < -0.39 is 0 Å². The van der Waals surface area contributed by atoms with Crippen LogP contribution in [0.1, 0.15) is 11.1 Å². The minimum atomic E-state index is -0.0704. The molecule has 134 valence electrons.